The van der Waals surface area contributed by atoms with Gasteiger partial charge in [-0.2, -0.15) is 0 Å². The smallest absolute Gasteiger partial charge is 0.192 e. The Labute approximate surface area is 167 Å². The highest BCUT2D eigenvalue weighted by Gasteiger charge is 2.41. The fourth-order valence-electron chi connectivity index (χ4n) is 2.97. The van der Waals surface area contributed by atoms with Gasteiger partial charge in [0.2, 0.25) is 0 Å². The molecular formula is C23H38O3Si. The summed E-state index contributed by atoms with van der Waals surface area (Å²) in [6.45, 7) is 19.0. The van der Waals surface area contributed by atoms with Gasteiger partial charge in [-0.3, -0.25) is 0 Å². The van der Waals surface area contributed by atoms with Gasteiger partial charge < -0.3 is 13.9 Å². The van der Waals surface area contributed by atoms with Crippen LogP contribution in [0, 0.1) is 0 Å². The number of hydrogen-bond acceptors (Lipinski definition) is 3. The van der Waals surface area contributed by atoms with Gasteiger partial charge in [0.05, 0.1) is 31.0 Å². The zero-order chi connectivity index (χ0) is 20.3. The zero-order valence-corrected chi connectivity index (χ0v) is 19.5. The van der Waals surface area contributed by atoms with Crippen molar-refractivity contribution in [1.82, 2.24) is 0 Å². The Hall–Kier alpha value is -0.943. The van der Waals surface area contributed by atoms with Crippen LogP contribution in [0.5, 0.6) is 0 Å². The fraction of sp³-hybridized carbons (Fsp3) is 0.652. The second-order valence-corrected chi connectivity index (χ2v) is 14.8. The van der Waals surface area contributed by atoms with Gasteiger partial charge in [0.1, 0.15) is 0 Å². The molecular weight excluding hydrogens is 352 g/mol. The van der Waals surface area contributed by atoms with Gasteiger partial charge in [0.15, 0.2) is 8.32 Å². The highest BCUT2D eigenvalue weighted by Crippen LogP contribution is 2.40. The van der Waals surface area contributed by atoms with Gasteiger partial charge in [0, 0.05) is 6.42 Å². The molecule has 2 atom stereocenters. The van der Waals surface area contributed by atoms with Crippen LogP contribution in [0.2, 0.25) is 18.1 Å². The maximum absolute atomic E-state index is 6.63. The molecule has 1 aromatic rings. The summed E-state index contributed by atoms with van der Waals surface area (Å²) < 4.78 is 19.0. The summed E-state index contributed by atoms with van der Waals surface area (Å²) in [5, 5.41) is 0.202. The molecule has 0 fully saturated rings. The fourth-order valence-corrected chi connectivity index (χ4v) is 4.24. The van der Waals surface area contributed by atoms with Gasteiger partial charge >= 0.3 is 0 Å². The molecule has 0 aromatic heterocycles. The summed E-state index contributed by atoms with van der Waals surface area (Å²) in [6, 6.07) is 10.3. The molecule has 0 radical (unpaired) electrons. The first-order chi connectivity index (χ1) is 12.4. The molecule has 3 nitrogen and oxygen atoms in total. The van der Waals surface area contributed by atoms with Crippen LogP contribution < -0.4 is 0 Å². The molecule has 0 unspecified atom stereocenters. The summed E-state index contributed by atoms with van der Waals surface area (Å²) in [6.07, 6.45) is 3.32. The van der Waals surface area contributed by atoms with Gasteiger partial charge in [0.25, 0.3) is 0 Å². The van der Waals surface area contributed by atoms with Crippen LogP contribution >= 0.6 is 0 Å². The van der Waals surface area contributed by atoms with E-state index in [0.717, 1.165) is 6.42 Å². The Morgan fingerprint density at radius 1 is 0.963 bits per heavy atom. The van der Waals surface area contributed by atoms with Crippen molar-refractivity contribution in [2.45, 2.75) is 90.5 Å². The SMILES string of the molecule is CC(C)(C)O[C@@H]1C[C@H](O[Si](C)(C)C(C)(C)C)C=C1COCc1ccccc1. The third kappa shape index (κ3) is 6.86. The Kier molecular flexibility index (Phi) is 7.12. The summed E-state index contributed by atoms with van der Waals surface area (Å²) >= 11 is 0. The second-order valence-electron chi connectivity index (χ2n) is 10.1. The van der Waals surface area contributed by atoms with E-state index in [1.165, 1.54) is 11.1 Å². The summed E-state index contributed by atoms with van der Waals surface area (Å²) in [5.74, 6) is 0. The van der Waals surface area contributed by atoms with Gasteiger partial charge in [-0.25, -0.2) is 0 Å². The molecule has 1 aromatic carbocycles. The number of hydrogen-bond donors (Lipinski definition) is 0. The van der Waals surface area contributed by atoms with Crippen LogP contribution in [0.25, 0.3) is 0 Å². The van der Waals surface area contributed by atoms with E-state index in [-0.39, 0.29) is 22.8 Å². The van der Waals surface area contributed by atoms with E-state index in [1.807, 2.05) is 18.2 Å². The van der Waals surface area contributed by atoms with Crippen molar-refractivity contribution in [2.24, 2.45) is 0 Å². The molecule has 0 spiro atoms. The van der Waals surface area contributed by atoms with E-state index in [1.54, 1.807) is 0 Å². The molecule has 2 rings (SSSR count). The molecule has 0 saturated carbocycles. The molecule has 0 saturated heterocycles. The van der Waals surface area contributed by atoms with E-state index in [0.29, 0.717) is 13.2 Å². The van der Waals surface area contributed by atoms with Crippen LogP contribution in [-0.2, 0) is 20.5 Å². The molecule has 0 bridgehead atoms. The van der Waals surface area contributed by atoms with Crippen molar-refractivity contribution in [1.29, 1.82) is 0 Å². The predicted molar refractivity (Wildman–Crippen MR) is 115 cm³/mol. The number of rotatable bonds is 7. The zero-order valence-electron chi connectivity index (χ0n) is 18.5. The summed E-state index contributed by atoms with van der Waals surface area (Å²) in [7, 11) is -1.81. The lowest BCUT2D eigenvalue weighted by molar-refractivity contribution is -0.0534. The topological polar surface area (TPSA) is 27.7 Å². The number of benzene rings is 1. The van der Waals surface area contributed by atoms with Crippen LogP contribution in [0.3, 0.4) is 0 Å². The third-order valence-corrected chi connectivity index (χ3v) is 9.89. The molecule has 0 aliphatic heterocycles. The van der Waals surface area contributed by atoms with Crippen LogP contribution in [0.15, 0.2) is 42.0 Å². The minimum atomic E-state index is -1.81. The molecule has 152 valence electrons. The predicted octanol–water partition coefficient (Wildman–Crippen LogP) is 6.11. The molecule has 0 amide bonds. The molecule has 4 heteroatoms. The minimum absolute atomic E-state index is 0.0653. The van der Waals surface area contributed by atoms with E-state index in [9.17, 15) is 0 Å². The highest BCUT2D eigenvalue weighted by molar-refractivity contribution is 6.74. The Bertz CT molecular complexity index is 623. The standard InChI is InChI=1S/C23H38O3Si/c1-22(2,3)25-21-15-20(26-27(7,8)23(4,5)6)14-19(21)17-24-16-18-12-10-9-11-13-18/h9-14,20-21H,15-17H2,1-8H3/t20-,21-/m1/s1. The largest absolute Gasteiger partial charge is 0.410 e. The van der Waals surface area contributed by atoms with Crippen molar-refractivity contribution in [3.05, 3.63) is 47.5 Å². The van der Waals surface area contributed by atoms with E-state index < -0.39 is 8.32 Å². The van der Waals surface area contributed by atoms with Crippen LogP contribution in [0.4, 0.5) is 0 Å². The first-order valence-electron chi connectivity index (χ1n) is 10.1. The molecule has 0 N–H and O–H groups in total. The van der Waals surface area contributed by atoms with Crippen LogP contribution in [-0.4, -0.2) is 32.7 Å². The van der Waals surface area contributed by atoms with Crippen molar-refractivity contribution in [2.75, 3.05) is 6.61 Å². The average Bonchev–Trinajstić information content (AvgIpc) is 2.86. The quantitative estimate of drug-likeness (QED) is 0.415. The molecule has 1 aliphatic rings. The molecule has 0 heterocycles. The van der Waals surface area contributed by atoms with Crippen molar-refractivity contribution in [3.63, 3.8) is 0 Å². The van der Waals surface area contributed by atoms with Crippen molar-refractivity contribution in [3.8, 4) is 0 Å². The van der Waals surface area contributed by atoms with E-state index >= 15 is 0 Å². The number of ether oxygens (including phenoxy) is 2. The summed E-state index contributed by atoms with van der Waals surface area (Å²) in [4.78, 5) is 0. The maximum Gasteiger partial charge on any atom is 0.192 e. The van der Waals surface area contributed by atoms with Gasteiger partial charge in [-0.15, -0.1) is 0 Å². The lowest BCUT2D eigenvalue weighted by Crippen LogP contribution is -2.43. The normalized spacial score (nSPS) is 21.4. The lowest BCUT2D eigenvalue weighted by Gasteiger charge is -2.38. The summed E-state index contributed by atoms with van der Waals surface area (Å²) in [5.41, 5.74) is 2.22. The second kappa shape index (κ2) is 8.60. The lowest BCUT2D eigenvalue weighted by atomic mass is 10.1. The first-order valence-corrected chi connectivity index (χ1v) is 13.0. The first kappa shape index (κ1) is 22.3. The Morgan fingerprint density at radius 3 is 2.15 bits per heavy atom. The van der Waals surface area contributed by atoms with Crippen molar-refractivity contribution < 1.29 is 13.9 Å². The third-order valence-electron chi connectivity index (χ3n) is 5.39. The highest BCUT2D eigenvalue weighted by atomic mass is 28.4. The van der Waals surface area contributed by atoms with E-state index in [2.05, 4.69) is 72.8 Å². The average molecular weight is 391 g/mol. The maximum atomic E-state index is 6.63. The van der Waals surface area contributed by atoms with Gasteiger partial charge in [-0.05, 0) is 50.0 Å². The monoisotopic (exact) mass is 390 g/mol. The van der Waals surface area contributed by atoms with Crippen LogP contribution in [0.1, 0.15) is 53.5 Å². The van der Waals surface area contributed by atoms with Gasteiger partial charge in [-0.1, -0.05) is 57.2 Å². The molecule has 27 heavy (non-hydrogen) atoms. The Morgan fingerprint density at radius 2 is 1.59 bits per heavy atom. The molecule has 1 aliphatic carbocycles. The minimum Gasteiger partial charge on any atom is -0.410 e. The van der Waals surface area contributed by atoms with E-state index in [4.69, 9.17) is 13.9 Å². The van der Waals surface area contributed by atoms with Crippen molar-refractivity contribution >= 4 is 8.32 Å². The Balaban J connectivity index is 2.03.